The van der Waals surface area contributed by atoms with E-state index in [4.69, 9.17) is 24.2 Å². The zero-order chi connectivity index (χ0) is 44.4. The van der Waals surface area contributed by atoms with Crippen molar-refractivity contribution in [2.45, 2.75) is 103 Å². The molecule has 6 unspecified atom stereocenters. The number of ether oxygens (including phenoxy) is 3. The lowest BCUT2D eigenvalue weighted by Crippen LogP contribution is -2.70. The molecule has 330 valence electrons. The molecule has 3 aromatic rings. The largest absolute Gasteiger partial charge is 0.459 e. The molecule has 62 heavy (non-hydrogen) atoms. The van der Waals surface area contributed by atoms with Crippen molar-refractivity contribution in [3.63, 3.8) is 0 Å². The number of carbonyl (C=O) groups excluding carboxylic acids is 2. The molecule has 2 aliphatic carbocycles. The van der Waals surface area contributed by atoms with Crippen LogP contribution in [0.1, 0.15) is 106 Å². The third-order valence-corrected chi connectivity index (χ3v) is 11.8. The Kier molecular flexibility index (Phi) is 15.2. The fourth-order valence-electron chi connectivity index (χ4n) is 9.15. The molecule has 12 nitrogen and oxygen atoms in total. The van der Waals surface area contributed by atoms with E-state index in [9.17, 15) is 24.7 Å². The Balaban J connectivity index is 1.65. The average Bonchev–Trinajstić information content (AvgIpc) is 3.25. The first kappa shape index (κ1) is 46.0. The van der Waals surface area contributed by atoms with Crippen LogP contribution in [0, 0.1) is 34.9 Å². The first-order chi connectivity index (χ1) is 29.9. The molecule has 3 aliphatic rings. The molecular formula is C49H59FN4O8. The lowest BCUT2D eigenvalue weighted by atomic mass is 9.55. The van der Waals surface area contributed by atoms with Crippen molar-refractivity contribution in [1.29, 1.82) is 5.26 Å². The van der Waals surface area contributed by atoms with Crippen molar-refractivity contribution < 1.29 is 43.2 Å². The van der Waals surface area contributed by atoms with Crippen molar-refractivity contribution in [3.8, 4) is 17.6 Å². The van der Waals surface area contributed by atoms with E-state index in [-0.39, 0.29) is 56.4 Å². The highest BCUT2D eigenvalue weighted by molar-refractivity contribution is 6.03. The number of nitrogens with one attached hydrogen (secondary N) is 1. The third kappa shape index (κ3) is 10.4. The second kappa shape index (κ2) is 20.5. The van der Waals surface area contributed by atoms with Gasteiger partial charge in [-0.2, -0.15) is 5.26 Å². The van der Waals surface area contributed by atoms with Gasteiger partial charge in [0, 0.05) is 49.8 Å². The Bertz CT molecular complexity index is 2140. The first-order valence-electron chi connectivity index (χ1n) is 21.6. The molecule has 3 N–H and O–H groups in total. The Morgan fingerprint density at radius 3 is 2.40 bits per heavy atom. The molecule has 1 fully saturated rings. The number of fused-ring (bicyclic) bond motifs is 2. The average molecular weight is 851 g/mol. The van der Waals surface area contributed by atoms with Gasteiger partial charge in [-0.25, -0.2) is 9.18 Å². The fraction of sp³-hybridized carbons (Fsp3) is 0.469. The SMILES string of the molecule is C=CCOC12Oc3ccc(OC(=O)NCC)cc3C3C(CCCCO)C(CCCCO)C=C(C(=NOC(C)(C)C)CC1N(Cc1ccc(F)cc1)C(=O)c1ccc(C#N)cc1)C32. The van der Waals surface area contributed by atoms with E-state index in [1.165, 1.54) is 12.1 Å². The van der Waals surface area contributed by atoms with Crippen LogP contribution in [-0.2, 0) is 16.1 Å². The highest BCUT2D eigenvalue weighted by atomic mass is 19.1. The van der Waals surface area contributed by atoms with Gasteiger partial charge in [0.05, 0.1) is 29.9 Å². The number of nitriles is 1. The molecule has 0 aromatic heterocycles. The van der Waals surface area contributed by atoms with E-state index in [1.807, 2.05) is 33.8 Å². The van der Waals surface area contributed by atoms with Gasteiger partial charge in [0.15, 0.2) is 0 Å². The summed E-state index contributed by atoms with van der Waals surface area (Å²) in [6, 6.07) is 19.0. The van der Waals surface area contributed by atoms with E-state index < -0.39 is 35.3 Å². The molecule has 0 bridgehead atoms. The molecule has 1 saturated carbocycles. The Labute approximate surface area is 364 Å². The number of amides is 2. The van der Waals surface area contributed by atoms with Gasteiger partial charge in [0.2, 0.25) is 5.79 Å². The van der Waals surface area contributed by atoms with Gasteiger partial charge in [-0.05, 0) is 131 Å². The van der Waals surface area contributed by atoms with Crippen molar-refractivity contribution in [3.05, 3.63) is 119 Å². The second-order valence-corrected chi connectivity index (χ2v) is 17.1. The second-order valence-electron chi connectivity index (χ2n) is 17.1. The molecule has 6 rings (SSSR count). The van der Waals surface area contributed by atoms with E-state index in [1.54, 1.807) is 59.5 Å². The molecule has 0 saturated heterocycles. The van der Waals surface area contributed by atoms with Gasteiger partial charge < -0.3 is 39.5 Å². The van der Waals surface area contributed by atoms with Gasteiger partial charge in [-0.3, -0.25) is 4.79 Å². The predicted molar refractivity (Wildman–Crippen MR) is 233 cm³/mol. The first-order valence-corrected chi connectivity index (χ1v) is 21.6. The van der Waals surface area contributed by atoms with Crippen LogP contribution in [0.4, 0.5) is 9.18 Å². The Morgan fingerprint density at radius 1 is 1.05 bits per heavy atom. The highest BCUT2D eigenvalue weighted by Gasteiger charge is 2.65. The van der Waals surface area contributed by atoms with Crippen molar-refractivity contribution in [2.75, 3.05) is 26.4 Å². The maximum Gasteiger partial charge on any atom is 0.412 e. The molecular weight excluding hydrogens is 792 g/mol. The van der Waals surface area contributed by atoms with Crippen molar-refractivity contribution in [2.24, 2.45) is 22.9 Å². The number of halogens is 1. The zero-order valence-corrected chi connectivity index (χ0v) is 36.1. The minimum atomic E-state index is -1.58. The van der Waals surface area contributed by atoms with E-state index in [0.717, 1.165) is 30.4 Å². The van der Waals surface area contributed by atoms with E-state index in [0.29, 0.717) is 59.7 Å². The summed E-state index contributed by atoms with van der Waals surface area (Å²) in [5.74, 6) is -2.61. The smallest absolute Gasteiger partial charge is 0.412 e. The number of benzene rings is 3. The third-order valence-electron chi connectivity index (χ3n) is 11.8. The lowest BCUT2D eigenvalue weighted by molar-refractivity contribution is -0.255. The minimum absolute atomic E-state index is 0.0144. The summed E-state index contributed by atoms with van der Waals surface area (Å²) in [6.45, 7) is 12.1. The number of allylic oxidation sites excluding steroid dienone is 1. The van der Waals surface area contributed by atoms with Crippen molar-refractivity contribution >= 4 is 17.7 Å². The predicted octanol–water partition coefficient (Wildman–Crippen LogP) is 8.58. The van der Waals surface area contributed by atoms with Crippen LogP contribution in [0.5, 0.6) is 11.5 Å². The van der Waals surface area contributed by atoms with Crippen LogP contribution < -0.4 is 14.8 Å². The van der Waals surface area contributed by atoms with Crippen LogP contribution in [0.15, 0.2) is 96.2 Å². The van der Waals surface area contributed by atoms with Crippen LogP contribution in [0.25, 0.3) is 0 Å². The number of hydrogen-bond acceptors (Lipinski definition) is 10. The van der Waals surface area contributed by atoms with Gasteiger partial charge in [0.25, 0.3) is 5.91 Å². The molecule has 1 heterocycles. The number of nitrogens with zero attached hydrogens (tertiary/aromatic N) is 3. The van der Waals surface area contributed by atoms with Gasteiger partial charge in [-0.1, -0.05) is 42.3 Å². The summed E-state index contributed by atoms with van der Waals surface area (Å²) in [5, 5.41) is 37.0. The molecule has 6 atom stereocenters. The Morgan fingerprint density at radius 2 is 1.76 bits per heavy atom. The molecule has 1 aliphatic heterocycles. The van der Waals surface area contributed by atoms with Crippen LogP contribution in [0.3, 0.4) is 0 Å². The number of rotatable bonds is 18. The number of oxime groups is 1. The molecule has 3 aromatic carbocycles. The quantitative estimate of drug-likeness (QED) is 0.0647. The van der Waals surface area contributed by atoms with Crippen LogP contribution in [-0.4, -0.2) is 76.6 Å². The molecule has 13 heteroatoms. The summed E-state index contributed by atoms with van der Waals surface area (Å²) in [7, 11) is 0. The summed E-state index contributed by atoms with van der Waals surface area (Å²) >= 11 is 0. The normalized spacial score (nSPS) is 23.2. The minimum Gasteiger partial charge on any atom is -0.459 e. The summed E-state index contributed by atoms with van der Waals surface area (Å²) in [4.78, 5) is 35.9. The number of unbranched alkanes of at least 4 members (excludes halogenated alkanes) is 2. The summed E-state index contributed by atoms with van der Waals surface area (Å²) in [6.07, 6.45) is 7.62. The lowest BCUT2D eigenvalue weighted by Gasteiger charge is -2.60. The monoisotopic (exact) mass is 850 g/mol. The molecule has 2 amide bonds. The standard InChI is InChI=1S/C49H59FN4O8/c1-6-26-59-49-43(54(31-33-16-20-36(50)21-17-33)46(57)34-18-14-32(30-51)15-19-34)29-41(53-62-48(3,4)5)39-27-35(12-8-10-24-55)38(13-9-11-25-56)44(45(39)49)40-28-37(22-23-42(40)61-49)60-47(58)52-7-2/h6,14-23,27-28,35,38,43-45,55-56H,1,7-13,24-26,29,31H2,2-5H3,(H,52,58). The maximum absolute atomic E-state index is 15.2. The number of aliphatic hydroxyl groups is 2. The summed E-state index contributed by atoms with van der Waals surface area (Å²) < 4.78 is 34.5. The summed E-state index contributed by atoms with van der Waals surface area (Å²) in [5.41, 5.74) is 2.95. The number of aliphatic hydroxyl groups excluding tert-OH is 2. The zero-order valence-electron chi connectivity index (χ0n) is 36.1. The van der Waals surface area contributed by atoms with Gasteiger partial charge in [0.1, 0.15) is 29.0 Å². The number of carbonyl (C=O) groups is 2. The fourth-order valence-corrected chi connectivity index (χ4v) is 9.15. The van der Waals surface area contributed by atoms with Gasteiger partial charge >= 0.3 is 6.09 Å². The molecule has 0 spiro atoms. The van der Waals surface area contributed by atoms with Crippen LogP contribution >= 0.6 is 0 Å². The Hall–Kier alpha value is -5.55. The number of hydrogen-bond donors (Lipinski definition) is 3. The van der Waals surface area contributed by atoms with Gasteiger partial charge in [-0.15, -0.1) is 6.58 Å². The maximum atomic E-state index is 15.2. The highest BCUT2D eigenvalue weighted by Crippen LogP contribution is 2.62. The molecule has 0 radical (unpaired) electrons. The van der Waals surface area contributed by atoms with E-state index >= 15 is 4.79 Å². The van der Waals surface area contributed by atoms with E-state index in [2.05, 4.69) is 24.0 Å². The van der Waals surface area contributed by atoms with Crippen molar-refractivity contribution in [1.82, 2.24) is 10.2 Å². The van der Waals surface area contributed by atoms with Crippen LogP contribution in [0.2, 0.25) is 0 Å². The topological polar surface area (TPSA) is 163 Å².